The SMILES string of the molecule is CCOC(=O)N1CCN(C(=O)c2nc(-c3ccccc3)oc2S(C)(=O)=O)CC1. The van der Waals surface area contributed by atoms with Crippen LogP contribution in [0.15, 0.2) is 39.8 Å². The molecule has 1 aromatic heterocycles. The van der Waals surface area contributed by atoms with Crippen molar-refractivity contribution in [1.29, 1.82) is 0 Å². The number of hydrogen-bond donors (Lipinski definition) is 0. The standard InChI is InChI=1S/C18H21N3O6S/c1-3-26-18(23)21-11-9-20(10-12-21)16(22)14-17(28(2,24)25)27-15(19-14)13-7-5-4-6-8-13/h4-8H,3,9-12H2,1-2H3. The molecule has 1 aliphatic rings. The van der Waals surface area contributed by atoms with E-state index in [9.17, 15) is 18.0 Å². The number of piperazine rings is 1. The van der Waals surface area contributed by atoms with Crippen molar-refractivity contribution in [1.82, 2.24) is 14.8 Å². The van der Waals surface area contributed by atoms with Gasteiger partial charge >= 0.3 is 6.09 Å². The minimum absolute atomic E-state index is 0.0644. The van der Waals surface area contributed by atoms with Gasteiger partial charge in [0.05, 0.1) is 6.61 Å². The molecule has 150 valence electrons. The lowest BCUT2D eigenvalue weighted by Gasteiger charge is -2.33. The van der Waals surface area contributed by atoms with Crippen LogP contribution < -0.4 is 0 Å². The van der Waals surface area contributed by atoms with E-state index in [4.69, 9.17) is 9.15 Å². The number of nitrogens with zero attached hydrogens (tertiary/aromatic N) is 3. The number of rotatable bonds is 4. The molecule has 1 aromatic carbocycles. The summed E-state index contributed by atoms with van der Waals surface area (Å²) in [6.07, 6.45) is 0.539. The van der Waals surface area contributed by atoms with E-state index in [0.717, 1.165) is 6.26 Å². The number of amides is 2. The lowest BCUT2D eigenvalue weighted by atomic mass is 10.2. The molecule has 0 spiro atoms. The fourth-order valence-electron chi connectivity index (χ4n) is 2.85. The highest BCUT2D eigenvalue weighted by Gasteiger charge is 2.33. The van der Waals surface area contributed by atoms with Gasteiger partial charge in [0.15, 0.2) is 5.69 Å². The minimum Gasteiger partial charge on any atom is -0.450 e. The Hall–Kier alpha value is -2.88. The van der Waals surface area contributed by atoms with Gasteiger partial charge in [-0.15, -0.1) is 0 Å². The lowest BCUT2D eigenvalue weighted by Crippen LogP contribution is -2.51. The predicted molar refractivity (Wildman–Crippen MR) is 99.5 cm³/mol. The van der Waals surface area contributed by atoms with E-state index < -0.39 is 26.9 Å². The number of ether oxygens (including phenoxy) is 1. The van der Waals surface area contributed by atoms with E-state index in [0.29, 0.717) is 18.7 Å². The molecule has 0 atom stereocenters. The van der Waals surface area contributed by atoms with Crippen molar-refractivity contribution in [3.05, 3.63) is 36.0 Å². The molecular weight excluding hydrogens is 386 g/mol. The second-order valence-corrected chi connectivity index (χ2v) is 8.19. The average molecular weight is 407 g/mol. The zero-order valence-corrected chi connectivity index (χ0v) is 16.4. The van der Waals surface area contributed by atoms with Gasteiger partial charge in [0.1, 0.15) is 0 Å². The summed E-state index contributed by atoms with van der Waals surface area (Å²) in [5.74, 6) is -0.482. The summed E-state index contributed by atoms with van der Waals surface area (Å²) < 4.78 is 34.6. The summed E-state index contributed by atoms with van der Waals surface area (Å²) in [5, 5.41) is -0.454. The lowest BCUT2D eigenvalue weighted by molar-refractivity contribution is 0.0561. The van der Waals surface area contributed by atoms with Gasteiger partial charge < -0.3 is 19.0 Å². The zero-order valence-electron chi connectivity index (χ0n) is 15.6. The highest BCUT2D eigenvalue weighted by molar-refractivity contribution is 7.90. The van der Waals surface area contributed by atoms with Crippen molar-refractivity contribution in [2.24, 2.45) is 0 Å². The third kappa shape index (κ3) is 4.16. The first-order valence-electron chi connectivity index (χ1n) is 8.78. The normalized spacial score (nSPS) is 14.8. The molecule has 0 bridgehead atoms. The molecule has 0 unspecified atom stereocenters. The first-order valence-corrected chi connectivity index (χ1v) is 10.7. The van der Waals surface area contributed by atoms with Crippen LogP contribution in [0, 0.1) is 0 Å². The van der Waals surface area contributed by atoms with Crippen LogP contribution in [0.3, 0.4) is 0 Å². The summed E-state index contributed by atoms with van der Waals surface area (Å²) in [5.41, 5.74) is 0.324. The molecule has 0 radical (unpaired) electrons. The summed E-state index contributed by atoms with van der Waals surface area (Å²) in [6, 6.07) is 8.75. The molecule has 3 rings (SSSR count). The third-order valence-corrected chi connectivity index (χ3v) is 5.20. The van der Waals surface area contributed by atoms with E-state index in [1.165, 1.54) is 9.80 Å². The van der Waals surface area contributed by atoms with Gasteiger partial charge in [-0.3, -0.25) is 4.79 Å². The molecule has 2 amide bonds. The van der Waals surface area contributed by atoms with Crippen LogP contribution in [0.4, 0.5) is 4.79 Å². The average Bonchev–Trinajstić information content (AvgIpc) is 3.14. The number of hydrogen-bond acceptors (Lipinski definition) is 7. The van der Waals surface area contributed by atoms with Gasteiger partial charge in [-0.25, -0.2) is 18.2 Å². The largest absolute Gasteiger partial charge is 0.450 e. The Bertz CT molecular complexity index is 962. The van der Waals surface area contributed by atoms with Gasteiger partial charge in [0, 0.05) is 38.0 Å². The summed E-state index contributed by atoms with van der Waals surface area (Å²) in [6.45, 7) is 3.07. The Morgan fingerprint density at radius 3 is 2.29 bits per heavy atom. The summed E-state index contributed by atoms with van der Waals surface area (Å²) >= 11 is 0. The first kappa shape index (κ1) is 19.9. The number of sulfone groups is 1. The number of oxazole rings is 1. The maximum absolute atomic E-state index is 12.9. The Morgan fingerprint density at radius 1 is 1.11 bits per heavy atom. The molecule has 1 saturated heterocycles. The molecular formula is C18H21N3O6S. The van der Waals surface area contributed by atoms with Gasteiger partial charge in [-0.2, -0.15) is 0 Å². The third-order valence-electron chi connectivity index (χ3n) is 4.25. The van der Waals surface area contributed by atoms with Crippen molar-refractivity contribution in [2.45, 2.75) is 12.0 Å². The number of benzene rings is 1. The van der Waals surface area contributed by atoms with Crippen LogP contribution in [0.25, 0.3) is 11.5 Å². The first-order chi connectivity index (χ1) is 13.3. The van der Waals surface area contributed by atoms with Crippen LogP contribution in [0.1, 0.15) is 17.4 Å². The van der Waals surface area contributed by atoms with Crippen LogP contribution >= 0.6 is 0 Å². The van der Waals surface area contributed by atoms with E-state index in [1.807, 2.05) is 0 Å². The van der Waals surface area contributed by atoms with Crippen LogP contribution in [-0.4, -0.2) is 74.2 Å². The number of carbonyl (C=O) groups excluding carboxylic acids is 2. The molecule has 2 heterocycles. The fourth-order valence-corrected chi connectivity index (χ4v) is 3.57. The Labute approximate surface area is 162 Å². The number of carbonyl (C=O) groups is 2. The van der Waals surface area contributed by atoms with Gasteiger partial charge in [0.2, 0.25) is 15.7 Å². The van der Waals surface area contributed by atoms with Crippen LogP contribution in [0.2, 0.25) is 0 Å². The maximum atomic E-state index is 12.9. The molecule has 0 N–H and O–H groups in total. The van der Waals surface area contributed by atoms with Crippen molar-refractivity contribution < 1.29 is 27.2 Å². The highest BCUT2D eigenvalue weighted by Crippen LogP contribution is 2.26. The molecule has 2 aromatic rings. The fraction of sp³-hybridized carbons (Fsp3) is 0.389. The van der Waals surface area contributed by atoms with Crippen molar-refractivity contribution in [3.63, 3.8) is 0 Å². The van der Waals surface area contributed by atoms with E-state index in [1.54, 1.807) is 37.3 Å². The van der Waals surface area contributed by atoms with Crippen molar-refractivity contribution >= 4 is 21.8 Å². The smallest absolute Gasteiger partial charge is 0.409 e. The van der Waals surface area contributed by atoms with Crippen LogP contribution in [0.5, 0.6) is 0 Å². The zero-order chi connectivity index (χ0) is 20.3. The van der Waals surface area contributed by atoms with Gasteiger partial charge in [-0.1, -0.05) is 18.2 Å². The van der Waals surface area contributed by atoms with Crippen LogP contribution in [-0.2, 0) is 14.6 Å². The van der Waals surface area contributed by atoms with Crippen molar-refractivity contribution in [3.8, 4) is 11.5 Å². The minimum atomic E-state index is -3.80. The molecule has 10 heteroatoms. The molecule has 1 aliphatic heterocycles. The quantitative estimate of drug-likeness (QED) is 0.758. The molecule has 1 fully saturated rings. The van der Waals surface area contributed by atoms with Gasteiger partial charge in [0.25, 0.3) is 11.0 Å². The molecule has 0 saturated carbocycles. The number of aromatic nitrogens is 1. The van der Waals surface area contributed by atoms with E-state index in [-0.39, 0.29) is 31.3 Å². The second kappa shape index (κ2) is 8.01. The Kier molecular flexibility index (Phi) is 5.68. The monoisotopic (exact) mass is 407 g/mol. The topological polar surface area (TPSA) is 110 Å². The van der Waals surface area contributed by atoms with E-state index >= 15 is 0 Å². The molecule has 28 heavy (non-hydrogen) atoms. The second-order valence-electron chi connectivity index (χ2n) is 6.27. The highest BCUT2D eigenvalue weighted by atomic mass is 32.2. The van der Waals surface area contributed by atoms with Crippen molar-refractivity contribution in [2.75, 3.05) is 39.0 Å². The Morgan fingerprint density at radius 2 is 1.71 bits per heavy atom. The predicted octanol–water partition coefficient (Wildman–Crippen LogP) is 1.66. The summed E-state index contributed by atoms with van der Waals surface area (Å²) in [7, 11) is -3.80. The molecule has 0 aliphatic carbocycles. The Balaban J connectivity index is 1.84. The molecule has 9 nitrogen and oxygen atoms in total. The van der Waals surface area contributed by atoms with Gasteiger partial charge in [-0.05, 0) is 19.1 Å². The summed E-state index contributed by atoms with van der Waals surface area (Å²) in [4.78, 5) is 31.8. The van der Waals surface area contributed by atoms with E-state index in [2.05, 4.69) is 4.98 Å². The maximum Gasteiger partial charge on any atom is 0.409 e.